The molecule has 0 bridgehead atoms. The number of methoxy groups -OCH3 is 2. The first-order valence-electron chi connectivity index (χ1n) is 7.98. The van der Waals surface area contributed by atoms with Crippen LogP contribution in [0.3, 0.4) is 0 Å². The molecule has 0 amide bonds. The highest BCUT2D eigenvalue weighted by Crippen LogP contribution is 2.35. The Kier molecular flexibility index (Phi) is 6.34. The molecule has 0 saturated carbocycles. The van der Waals surface area contributed by atoms with Gasteiger partial charge in [-0.05, 0) is 31.9 Å². The first-order valence-corrected chi connectivity index (χ1v) is 7.98. The Morgan fingerprint density at radius 2 is 1.73 bits per heavy atom. The summed E-state index contributed by atoms with van der Waals surface area (Å²) in [5.41, 5.74) is 1.16. The van der Waals surface area contributed by atoms with Gasteiger partial charge in [-0.25, -0.2) is 0 Å². The molecule has 1 saturated heterocycles. The van der Waals surface area contributed by atoms with Gasteiger partial charge < -0.3 is 24.4 Å². The number of nitrogens with zero attached hydrogens (tertiary/aromatic N) is 1. The molecule has 0 spiro atoms. The second-order valence-corrected chi connectivity index (χ2v) is 5.82. The zero-order valence-corrected chi connectivity index (χ0v) is 14.1. The van der Waals surface area contributed by atoms with Crippen molar-refractivity contribution in [3.8, 4) is 17.2 Å². The molecule has 0 aromatic heterocycles. The summed E-state index contributed by atoms with van der Waals surface area (Å²) in [6, 6.07) is 3.98. The lowest BCUT2D eigenvalue weighted by Crippen LogP contribution is -2.44. The lowest BCUT2D eigenvalue weighted by Gasteiger charge is -2.27. The predicted octanol–water partition coefficient (Wildman–Crippen LogP) is 1.94. The maximum absolute atomic E-state index is 5.80. The predicted molar refractivity (Wildman–Crippen MR) is 88.3 cm³/mol. The molecule has 1 aromatic carbocycles. The maximum Gasteiger partial charge on any atom is 0.165 e. The molecule has 1 heterocycles. The third kappa shape index (κ3) is 4.52. The number of hydrogen-bond acceptors (Lipinski definition) is 5. The van der Waals surface area contributed by atoms with E-state index in [2.05, 4.69) is 10.2 Å². The van der Waals surface area contributed by atoms with Crippen LogP contribution in [0.1, 0.15) is 19.4 Å². The Morgan fingerprint density at radius 1 is 1.05 bits per heavy atom. The fourth-order valence-electron chi connectivity index (χ4n) is 2.69. The van der Waals surface area contributed by atoms with Crippen molar-refractivity contribution in [1.29, 1.82) is 0 Å². The summed E-state index contributed by atoms with van der Waals surface area (Å²) in [6.07, 6.45) is 1.05. The van der Waals surface area contributed by atoms with Gasteiger partial charge in [-0.15, -0.1) is 0 Å². The number of ether oxygens (including phenoxy) is 3. The molecule has 1 N–H and O–H groups in total. The van der Waals surface area contributed by atoms with Crippen molar-refractivity contribution in [2.24, 2.45) is 0 Å². The summed E-state index contributed by atoms with van der Waals surface area (Å²) in [4.78, 5) is 2.47. The molecule has 5 heteroatoms. The molecule has 1 fully saturated rings. The minimum absolute atomic E-state index is 0.102. The number of hydrogen-bond donors (Lipinski definition) is 1. The number of piperazine rings is 1. The number of benzene rings is 1. The molecule has 5 nitrogen and oxygen atoms in total. The standard InChI is InChI=1S/C17H28N2O3/c1-13(2)22-17-12-15(20-3)14(11-16(17)21-4)5-8-19-9-6-18-7-10-19/h11-13,18H,5-10H2,1-4H3. The second kappa shape index (κ2) is 8.25. The van der Waals surface area contributed by atoms with Gasteiger partial charge >= 0.3 is 0 Å². The number of nitrogens with one attached hydrogen (secondary N) is 1. The highest BCUT2D eigenvalue weighted by molar-refractivity contribution is 5.51. The third-order valence-electron chi connectivity index (χ3n) is 3.84. The van der Waals surface area contributed by atoms with Gasteiger partial charge in [0.05, 0.1) is 20.3 Å². The van der Waals surface area contributed by atoms with E-state index in [-0.39, 0.29) is 6.10 Å². The molecular weight excluding hydrogens is 280 g/mol. The molecule has 1 aliphatic heterocycles. The van der Waals surface area contributed by atoms with Crippen molar-refractivity contribution < 1.29 is 14.2 Å². The highest BCUT2D eigenvalue weighted by Gasteiger charge is 2.15. The molecule has 124 valence electrons. The van der Waals surface area contributed by atoms with Crippen molar-refractivity contribution in [2.45, 2.75) is 26.4 Å². The lowest BCUT2D eigenvalue weighted by molar-refractivity contribution is 0.228. The van der Waals surface area contributed by atoms with Crippen molar-refractivity contribution in [2.75, 3.05) is 46.9 Å². The molecule has 2 rings (SSSR count). The van der Waals surface area contributed by atoms with Gasteiger partial charge in [-0.2, -0.15) is 0 Å². The van der Waals surface area contributed by atoms with E-state index in [0.717, 1.165) is 62.0 Å². The largest absolute Gasteiger partial charge is 0.496 e. The van der Waals surface area contributed by atoms with Crippen LogP contribution in [0.15, 0.2) is 12.1 Å². The summed E-state index contributed by atoms with van der Waals surface area (Å²) in [6.45, 7) is 9.39. The van der Waals surface area contributed by atoms with Crippen molar-refractivity contribution in [3.05, 3.63) is 17.7 Å². The van der Waals surface area contributed by atoms with Crippen LogP contribution in [-0.2, 0) is 6.42 Å². The van der Waals surface area contributed by atoms with Crippen LogP contribution in [0.4, 0.5) is 0 Å². The zero-order valence-electron chi connectivity index (χ0n) is 14.1. The summed E-state index contributed by atoms with van der Waals surface area (Å²) >= 11 is 0. The molecule has 22 heavy (non-hydrogen) atoms. The van der Waals surface area contributed by atoms with Crippen LogP contribution in [0.5, 0.6) is 17.2 Å². The summed E-state index contributed by atoms with van der Waals surface area (Å²) in [5, 5.41) is 3.38. The van der Waals surface area contributed by atoms with E-state index >= 15 is 0 Å². The van der Waals surface area contributed by atoms with E-state index in [9.17, 15) is 0 Å². The molecule has 0 aliphatic carbocycles. The molecular formula is C17H28N2O3. The van der Waals surface area contributed by atoms with Gasteiger partial charge in [0.15, 0.2) is 11.5 Å². The molecule has 1 aliphatic rings. The first kappa shape index (κ1) is 16.9. The smallest absolute Gasteiger partial charge is 0.165 e. The minimum Gasteiger partial charge on any atom is -0.496 e. The third-order valence-corrected chi connectivity index (χ3v) is 3.84. The van der Waals surface area contributed by atoms with Gasteiger partial charge in [-0.1, -0.05) is 0 Å². The van der Waals surface area contributed by atoms with Crippen molar-refractivity contribution in [3.63, 3.8) is 0 Å². The van der Waals surface area contributed by atoms with Crippen LogP contribution in [0.25, 0.3) is 0 Å². The van der Waals surface area contributed by atoms with Gasteiger partial charge in [0.2, 0.25) is 0 Å². The zero-order chi connectivity index (χ0) is 15.9. The maximum atomic E-state index is 5.80. The van der Waals surface area contributed by atoms with Crippen LogP contribution in [0, 0.1) is 0 Å². The highest BCUT2D eigenvalue weighted by atomic mass is 16.5. The quantitative estimate of drug-likeness (QED) is 0.834. The SMILES string of the molecule is COc1cc(OC(C)C)c(OC)cc1CCN1CCNCC1. The number of rotatable bonds is 7. The molecule has 0 radical (unpaired) electrons. The molecule has 0 unspecified atom stereocenters. The Bertz CT molecular complexity index is 471. The van der Waals surface area contributed by atoms with E-state index in [1.54, 1.807) is 14.2 Å². The summed E-state index contributed by atoms with van der Waals surface area (Å²) < 4.78 is 16.8. The van der Waals surface area contributed by atoms with E-state index in [1.165, 1.54) is 0 Å². The van der Waals surface area contributed by atoms with Crippen LogP contribution < -0.4 is 19.5 Å². The second-order valence-electron chi connectivity index (χ2n) is 5.82. The normalized spacial score (nSPS) is 15.9. The van der Waals surface area contributed by atoms with Gasteiger partial charge in [0, 0.05) is 38.8 Å². The van der Waals surface area contributed by atoms with Crippen LogP contribution in [-0.4, -0.2) is 57.9 Å². The fraction of sp³-hybridized carbons (Fsp3) is 0.647. The minimum atomic E-state index is 0.102. The average molecular weight is 308 g/mol. The Hall–Kier alpha value is -1.46. The lowest BCUT2D eigenvalue weighted by atomic mass is 10.1. The first-order chi connectivity index (χ1) is 10.6. The molecule has 1 aromatic rings. The summed E-state index contributed by atoms with van der Waals surface area (Å²) in [5.74, 6) is 2.37. The van der Waals surface area contributed by atoms with Crippen LogP contribution in [0.2, 0.25) is 0 Å². The van der Waals surface area contributed by atoms with Gasteiger partial charge in [0.1, 0.15) is 5.75 Å². The van der Waals surface area contributed by atoms with Gasteiger partial charge in [0.25, 0.3) is 0 Å². The Labute approximate surface area is 133 Å². The Balaban J connectivity index is 2.11. The molecule has 0 atom stereocenters. The van der Waals surface area contributed by atoms with Crippen molar-refractivity contribution >= 4 is 0 Å². The van der Waals surface area contributed by atoms with E-state index in [1.807, 2.05) is 26.0 Å². The van der Waals surface area contributed by atoms with E-state index in [4.69, 9.17) is 14.2 Å². The fourth-order valence-corrected chi connectivity index (χ4v) is 2.69. The average Bonchev–Trinajstić information content (AvgIpc) is 2.53. The summed E-state index contributed by atoms with van der Waals surface area (Å²) in [7, 11) is 3.38. The van der Waals surface area contributed by atoms with Crippen LogP contribution >= 0.6 is 0 Å². The Morgan fingerprint density at radius 3 is 2.32 bits per heavy atom. The van der Waals surface area contributed by atoms with E-state index < -0.39 is 0 Å². The van der Waals surface area contributed by atoms with Gasteiger partial charge in [-0.3, -0.25) is 0 Å². The monoisotopic (exact) mass is 308 g/mol. The van der Waals surface area contributed by atoms with E-state index in [0.29, 0.717) is 0 Å². The van der Waals surface area contributed by atoms with Crippen molar-refractivity contribution in [1.82, 2.24) is 10.2 Å². The topological polar surface area (TPSA) is 43.0 Å².